The van der Waals surface area contributed by atoms with Crippen molar-refractivity contribution >= 4 is 40.3 Å². The fraction of sp³-hybridized carbons (Fsp3) is 0.200. The number of hydrogen-bond donors (Lipinski definition) is 1. The first-order valence-corrected chi connectivity index (χ1v) is 9.29. The van der Waals surface area contributed by atoms with Crippen LogP contribution in [0.3, 0.4) is 0 Å². The van der Waals surface area contributed by atoms with Gasteiger partial charge < -0.3 is 5.32 Å². The van der Waals surface area contributed by atoms with Gasteiger partial charge in [-0.1, -0.05) is 59.8 Å². The van der Waals surface area contributed by atoms with Gasteiger partial charge in [-0.3, -0.25) is 24.1 Å². The fourth-order valence-electron chi connectivity index (χ4n) is 2.66. The zero-order valence-corrected chi connectivity index (χ0v) is 15.5. The predicted molar refractivity (Wildman–Crippen MR) is 104 cm³/mol. The number of anilines is 1. The van der Waals surface area contributed by atoms with E-state index < -0.39 is 22.3 Å². The van der Waals surface area contributed by atoms with Gasteiger partial charge in [0.05, 0.1) is 0 Å². The SMILES string of the molecule is Cc1ccc(NC(=O)CN2C(=O)S[C@H](CC(=O)c3ccccc3)C2=O)cc1. The molecule has 0 aromatic heterocycles. The number of aryl methyl sites for hydroxylation is 1. The number of imide groups is 1. The molecule has 0 bridgehead atoms. The van der Waals surface area contributed by atoms with Gasteiger partial charge >= 0.3 is 0 Å². The highest BCUT2D eigenvalue weighted by atomic mass is 32.2. The summed E-state index contributed by atoms with van der Waals surface area (Å²) in [5.41, 5.74) is 2.14. The highest BCUT2D eigenvalue weighted by molar-refractivity contribution is 8.15. The minimum absolute atomic E-state index is 0.0741. The molecule has 138 valence electrons. The van der Waals surface area contributed by atoms with Crippen molar-refractivity contribution in [3.05, 3.63) is 65.7 Å². The third-order valence-corrected chi connectivity index (χ3v) is 5.18. The van der Waals surface area contributed by atoms with E-state index >= 15 is 0 Å². The van der Waals surface area contributed by atoms with Crippen molar-refractivity contribution in [3.63, 3.8) is 0 Å². The normalized spacial score (nSPS) is 16.5. The number of nitrogens with one attached hydrogen (secondary N) is 1. The van der Waals surface area contributed by atoms with Crippen LogP contribution in [0.5, 0.6) is 0 Å². The molecule has 3 rings (SSSR count). The van der Waals surface area contributed by atoms with Crippen molar-refractivity contribution in [1.29, 1.82) is 0 Å². The van der Waals surface area contributed by atoms with Gasteiger partial charge in [0, 0.05) is 17.7 Å². The molecule has 1 N–H and O–H groups in total. The van der Waals surface area contributed by atoms with Gasteiger partial charge in [-0.05, 0) is 19.1 Å². The standard InChI is InChI=1S/C20H18N2O4S/c1-13-7-9-15(10-8-13)21-18(24)12-22-19(25)17(27-20(22)26)11-16(23)14-5-3-2-4-6-14/h2-10,17H,11-12H2,1H3,(H,21,24)/t17-/m1/s1. The highest BCUT2D eigenvalue weighted by Crippen LogP contribution is 2.30. The quantitative estimate of drug-likeness (QED) is 0.775. The number of hydrogen-bond acceptors (Lipinski definition) is 5. The van der Waals surface area contributed by atoms with E-state index in [9.17, 15) is 19.2 Å². The van der Waals surface area contributed by atoms with Gasteiger partial charge in [0.25, 0.3) is 5.24 Å². The first-order valence-electron chi connectivity index (χ1n) is 8.41. The molecule has 2 aromatic rings. The molecule has 3 amide bonds. The number of benzene rings is 2. The number of ketones is 1. The summed E-state index contributed by atoms with van der Waals surface area (Å²) in [4.78, 5) is 49.9. The minimum atomic E-state index is -0.794. The number of Topliss-reactive ketones (excluding diaryl/α,β-unsaturated/α-hetero) is 1. The number of rotatable bonds is 6. The lowest BCUT2D eigenvalue weighted by atomic mass is 10.1. The summed E-state index contributed by atoms with van der Waals surface area (Å²) < 4.78 is 0. The average molecular weight is 382 g/mol. The lowest BCUT2D eigenvalue weighted by molar-refractivity contribution is -0.130. The highest BCUT2D eigenvalue weighted by Gasteiger charge is 2.41. The Kier molecular flexibility index (Phi) is 5.71. The molecule has 2 aromatic carbocycles. The van der Waals surface area contributed by atoms with E-state index in [0.29, 0.717) is 11.3 Å². The Morgan fingerprint density at radius 1 is 1.04 bits per heavy atom. The van der Waals surface area contributed by atoms with E-state index in [2.05, 4.69) is 5.32 Å². The van der Waals surface area contributed by atoms with Crippen molar-refractivity contribution < 1.29 is 19.2 Å². The molecular weight excluding hydrogens is 364 g/mol. The number of amides is 3. The van der Waals surface area contributed by atoms with Crippen molar-refractivity contribution in [2.75, 3.05) is 11.9 Å². The molecule has 27 heavy (non-hydrogen) atoms. The summed E-state index contributed by atoms with van der Waals surface area (Å²) in [6.07, 6.45) is -0.0741. The number of thioether (sulfide) groups is 1. The molecule has 6 nitrogen and oxygen atoms in total. The van der Waals surface area contributed by atoms with Crippen LogP contribution in [-0.4, -0.2) is 39.5 Å². The Morgan fingerprint density at radius 3 is 2.37 bits per heavy atom. The lowest BCUT2D eigenvalue weighted by Gasteiger charge is -2.13. The first-order chi connectivity index (χ1) is 12.9. The van der Waals surface area contributed by atoms with Crippen LogP contribution >= 0.6 is 11.8 Å². The maximum Gasteiger partial charge on any atom is 0.289 e. The first kappa shape index (κ1) is 18.8. The molecule has 1 saturated heterocycles. The summed E-state index contributed by atoms with van der Waals surface area (Å²) in [5, 5.41) is 1.35. The molecule has 1 aliphatic rings. The van der Waals surface area contributed by atoms with Gasteiger partial charge in [0.15, 0.2) is 5.78 Å². The van der Waals surface area contributed by atoms with Crippen molar-refractivity contribution in [2.24, 2.45) is 0 Å². The van der Waals surface area contributed by atoms with E-state index in [4.69, 9.17) is 0 Å². The minimum Gasteiger partial charge on any atom is -0.325 e. The van der Waals surface area contributed by atoms with Gasteiger partial charge in [-0.2, -0.15) is 0 Å². The maximum absolute atomic E-state index is 12.5. The second-order valence-corrected chi connectivity index (χ2v) is 7.36. The van der Waals surface area contributed by atoms with Crippen LogP contribution in [0.1, 0.15) is 22.3 Å². The number of nitrogens with zero attached hydrogens (tertiary/aromatic N) is 1. The average Bonchev–Trinajstić information content (AvgIpc) is 2.91. The lowest BCUT2D eigenvalue weighted by Crippen LogP contribution is -2.38. The topological polar surface area (TPSA) is 83.6 Å². The molecule has 1 fully saturated rings. The van der Waals surface area contributed by atoms with Crippen LogP contribution in [0.25, 0.3) is 0 Å². The summed E-state index contributed by atoms with van der Waals surface area (Å²) in [6.45, 7) is 1.57. The third-order valence-electron chi connectivity index (χ3n) is 4.11. The molecule has 0 aliphatic carbocycles. The molecule has 0 unspecified atom stereocenters. The van der Waals surface area contributed by atoms with Gasteiger partial charge in [0.1, 0.15) is 11.8 Å². The molecule has 1 heterocycles. The smallest absolute Gasteiger partial charge is 0.289 e. The molecule has 7 heteroatoms. The van der Waals surface area contributed by atoms with E-state index in [1.54, 1.807) is 42.5 Å². The second-order valence-electron chi connectivity index (χ2n) is 6.20. The third kappa shape index (κ3) is 4.62. The fourth-order valence-corrected chi connectivity index (χ4v) is 3.65. The van der Waals surface area contributed by atoms with Gasteiger partial charge in [-0.15, -0.1) is 0 Å². The Bertz CT molecular complexity index is 881. The molecule has 0 spiro atoms. The van der Waals surface area contributed by atoms with E-state index in [1.165, 1.54) is 0 Å². The summed E-state index contributed by atoms with van der Waals surface area (Å²) >= 11 is 0.792. The van der Waals surface area contributed by atoms with E-state index in [-0.39, 0.29) is 18.7 Å². The number of carbonyl (C=O) groups is 4. The van der Waals surface area contributed by atoms with Crippen molar-refractivity contribution in [2.45, 2.75) is 18.6 Å². The molecule has 0 saturated carbocycles. The molecule has 0 radical (unpaired) electrons. The maximum atomic E-state index is 12.5. The van der Waals surface area contributed by atoms with Crippen LogP contribution in [-0.2, 0) is 9.59 Å². The predicted octanol–water partition coefficient (Wildman–Crippen LogP) is 3.27. The second kappa shape index (κ2) is 8.18. The Hall–Kier alpha value is -2.93. The number of carbonyl (C=O) groups excluding carboxylic acids is 4. The summed E-state index contributed by atoms with van der Waals surface area (Å²) in [7, 11) is 0. The zero-order chi connectivity index (χ0) is 19.4. The molecule has 1 aliphatic heterocycles. The van der Waals surface area contributed by atoms with Crippen molar-refractivity contribution in [1.82, 2.24) is 4.90 Å². The zero-order valence-electron chi connectivity index (χ0n) is 14.7. The van der Waals surface area contributed by atoms with Gasteiger partial charge in [0.2, 0.25) is 11.8 Å². The van der Waals surface area contributed by atoms with E-state index in [1.807, 2.05) is 19.1 Å². The van der Waals surface area contributed by atoms with Crippen LogP contribution in [0.2, 0.25) is 0 Å². The largest absolute Gasteiger partial charge is 0.325 e. The Labute approximate surface area is 160 Å². The van der Waals surface area contributed by atoms with Crippen LogP contribution in [0, 0.1) is 6.92 Å². The van der Waals surface area contributed by atoms with Crippen molar-refractivity contribution in [3.8, 4) is 0 Å². The van der Waals surface area contributed by atoms with E-state index in [0.717, 1.165) is 22.2 Å². The van der Waals surface area contributed by atoms with Gasteiger partial charge in [-0.25, -0.2) is 0 Å². The van der Waals surface area contributed by atoms with Crippen LogP contribution < -0.4 is 5.32 Å². The summed E-state index contributed by atoms with van der Waals surface area (Å²) in [5.74, 6) is -1.18. The Balaban J connectivity index is 1.59. The summed E-state index contributed by atoms with van der Waals surface area (Å²) in [6, 6.07) is 15.8. The Morgan fingerprint density at radius 2 is 1.70 bits per heavy atom. The van der Waals surface area contributed by atoms with Crippen LogP contribution in [0.15, 0.2) is 54.6 Å². The molecular formula is C20H18N2O4S. The molecule has 1 atom stereocenters. The van der Waals surface area contributed by atoms with Crippen LogP contribution in [0.4, 0.5) is 10.5 Å². The monoisotopic (exact) mass is 382 g/mol.